The van der Waals surface area contributed by atoms with Crippen LogP contribution in [-0.4, -0.2) is 24.7 Å². The Morgan fingerprint density at radius 3 is 2.67 bits per heavy atom. The van der Waals surface area contributed by atoms with E-state index in [9.17, 15) is 4.79 Å². The molecule has 0 saturated carbocycles. The fraction of sp³-hybridized carbons (Fsp3) is 0.167. The van der Waals surface area contributed by atoms with E-state index in [1.807, 2.05) is 35.0 Å². The van der Waals surface area contributed by atoms with Crippen LogP contribution in [0, 0.1) is 0 Å². The first kappa shape index (κ1) is 16.4. The Morgan fingerprint density at radius 1 is 1.12 bits per heavy atom. The number of carbonyl (C=O) groups excluding carboxylic acids is 1. The summed E-state index contributed by atoms with van der Waals surface area (Å²) in [5.74, 6) is 1.09. The van der Waals surface area contributed by atoms with Crippen LogP contribution in [0.2, 0.25) is 0 Å². The fourth-order valence-corrected chi connectivity index (χ4v) is 3.08. The Bertz CT molecular complexity index is 889. The molecule has 6 heteroatoms. The SMILES string of the molecule is COc1ccc(NC(=O)Cn2ccc3c(Br)cccc32)cc1OC. The second-order valence-corrected chi connectivity index (χ2v) is 6.09. The van der Waals surface area contributed by atoms with Crippen molar-refractivity contribution >= 4 is 38.4 Å². The number of fused-ring (bicyclic) bond motifs is 1. The summed E-state index contributed by atoms with van der Waals surface area (Å²) in [6.07, 6.45) is 1.91. The Hall–Kier alpha value is -2.47. The average molecular weight is 389 g/mol. The summed E-state index contributed by atoms with van der Waals surface area (Å²) in [4.78, 5) is 12.3. The number of anilines is 1. The molecule has 0 aliphatic heterocycles. The van der Waals surface area contributed by atoms with Crippen molar-refractivity contribution in [2.24, 2.45) is 0 Å². The molecule has 1 N–H and O–H groups in total. The minimum absolute atomic E-state index is 0.111. The summed E-state index contributed by atoms with van der Waals surface area (Å²) >= 11 is 3.52. The van der Waals surface area contributed by atoms with Gasteiger partial charge < -0.3 is 19.4 Å². The molecule has 0 aliphatic rings. The Labute approximate surface area is 148 Å². The van der Waals surface area contributed by atoms with Gasteiger partial charge in [-0.1, -0.05) is 22.0 Å². The van der Waals surface area contributed by atoms with Crippen molar-refractivity contribution in [3.05, 3.63) is 53.1 Å². The van der Waals surface area contributed by atoms with Gasteiger partial charge in [-0.15, -0.1) is 0 Å². The van der Waals surface area contributed by atoms with E-state index in [0.29, 0.717) is 17.2 Å². The van der Waals surface area contributed by atoms with Crippen molar-refractivity contribution in [2.45, 2.75) is 6.54 Å². The van der Waals surface area contributed by atoms with Crippen molar-refractivity contribution in [2.75, 3.05) is 19.5 Å². The molecule has 1 amide bonds. The summed E-state index contributed by atoms with van der Waals surface area (Å²) in [6, 6.07) is 13.2. The number of benzene rings is 2. The summed E-state index contributed by atoms with van der Waals surface area (Å²) < 4.78 is 13.4. The van der Waals surface area contributed by atoms with Gasteiger partial charge in [-0.25, -0.2) is 0 Å². The maximum atomic E-state index is 12.3. The van der Waals surface area contributed by atoms with E-state index in [-0.39, 0.29) is 12.5 Å². The lowest BCUT2D eigenvalue weighted by Gasteiger charge is -2.11. The van der Waals surface area contributed by atoms with Gasteiger partial charge in [-0.05, 0) is 30.3 Å². The highest BCUT2D eigenvalue weighted by Gasteiger charge is 2.10. The largest absolute Gasteiger partial charge is 0.493 e. The van der Waals surface area contributed by atoms with E-state index in [2.05, 4.69) is 21.2 Å². The van der Waals surface area contributed by atoms with Gasteiger partial charge in [0.15, 0.2) is 11.5 Å². The quantitative estimate of drug-likeness (QED) is 0.716. The lowest BCUT2D eigenvalue weighted by molar-refractivity contribution is -0.116. The predicted molar refractivity (Wildman–Crippen MR) is 97.8 cm³/mol. The first-order valence-electron chi connectivity index (χ1n) is 7.37. The van der Waals surface area contributed by atoms with E-state index in [0.717, 1.165) is 15.4 Å². The van der Waals surface area contributed by atoms with E-state index >= 15 is 0 Å². The van der Waals surface area contributed by atoms with Crippen molar-refractivity contribution in [1.82, 2.24) is 4.57 Å². The summed E-state index contributed by atoms with van der Waals surface area (Å²) in [6.45, 7) is 0.230. The number of nitrogens with one attached hydrogen (secondary N) is 1. The highest BCUT2D eigenvalue weighted by atomic mass is 79.9. The van der Waals surface area contributed by atoms with Gasteiger partial charge in [0.05, 0.1) is 14.2 Å². The Morgan fingerprint density at radius 2 is 1.92 bits per heavy atom. The first-order chi connectivity index (χ1) is 11.6. The van der Waals surface area contributed by atoms with Crippen LogP contribution in [0.5, 0.6) is 11.5 Å². The van der Waals surface area contributed by atoms with Gasteiger partial charge in [0.1, 0.15) is 6.54 Å². The fourth-order valence-electron chi connectivity index (χ4n) is 2.59. The number of hydrogen-bond acceptors (Lipinski definition) is 3. The molecule has 2 aromatic carbocycles. The van der Waals surface area contributed by atoms with Gasteiger partial charge in [-0.2, -0.15) is 0 Å². The van der Waals surface area contributed by atoms with Crippen LogP contribution >= 0.6 is 15.9 Å². The van der Waals surface area contributed by atoms with Gasteiger partial charge >= 0.3 is 0 Å². The second-order valence-electron chi connectivity index (χ2n) is 5.23. The highest BCUT2D eigenvalue weighted by molar-refractivity contribution is 9.10. The standard InChI is InChI=1S/C18H17BrN2O3/c1-23-16-7-6-12(10-17(16)24-2)20-18(22)11-21-9-8-13-14(19)4-3-5-15(13)21/h3-10H,11H2,1-2H3,(H,20,22). The molecule has 0 aliphatic carbocycles. The number of aromatic nitrogens is 1. The minimum Gasteiger partial charge on any atom is -0.493 e. The van der Waals surface area contributed by atoms with Crippen molar-refractivity contribution in [3.63, 3.8) is 0 Å². The third-order valence-corrected chi connectivity index (χ3v) is 4.43. The molecule has 24 heavy (non-hydrogen) atoms. The zero-order chi connectivity index (χ0) is 17.1. The maximum absolute atomic E-state index is 12.3. The number of rotatable bonds is 5. The lowest BCUT2D eigenvalue weighted by atomic mass is 10.2. The molecule has 1 aromatic heterocycles. The number of ether oxygens (including phenoxy) is 2. The molecule has 0 radical (unpaired) electrons. The topological polar surface area (TPSA) is 52.5 Å². The highest BCUT2D eigenvalue weighted by Crippen LogP contribution is 2.30. The molecule has 0 fully saturated rings. The normalized spacial score (nSPS) is 10.6. The molecule has 0 atom stereocenters. The molecular weight excluding hydrogens is 372 g/mol. The van der Waals surface area contributed by atoms with Crippen LogP contribution in [-0.2, 0) is 11.3 Å². The molecule has 0 unspecified atom stereocenters. The monoisotopic (exact) mass is 388 g/mol. The average Bonchev–Trinajstić information content (AvgIpc) is 2.99. The molecular formula is C18H17BrN2O3. The van der Waals surface area contributed by atoms with E-state index in [1.54, 1.807) is 32.4 Å². The number of carbonyl (C=O) groups is 1. The molecule has 0 saturated heterocycles. The number of nitrogens with zero attached hydrogens (tertiary/aromatic N) is 1. The van der Waals surface area contributed by atoms with Gasteiger partial charge in [-0.3, -0.25) is 4.79 Å². The van der Waals surface area contributed by atoms with Crippen LogP contribution in [0.1, 0.15) is 0 Å². The third-order valence-electron chi connectivity index (χ3n) is 3.74. The molecule has 124 valence electrons. The van der Waals surface area contributed by atoms with Crippen LogP contribution in [0.3, 0.4) is 0 Å². The summed E-state index contributed by atoms with van der Waals surface area (Å²) in [7, 11) is 3.14. The lowest BCUT2D eigenvalue weighted by Crippen LogP contribution is -2.18. The molecule has 5 nitrogen and oxygen atoms in total. The van der Waals surface area contributed by atoms with E-state index in [1.165, 1.54) is 0 Å². The summed E-state index contributed by atoms with van der Waals surface area (Å²) in [5.41, 5.74) is 1.67. The number of amides is 1. The maximum Gasteiger partial charge on any atom is 0.244 e. The minimum atomic E-state index is -0.111. The van der Waals surface area contributed by atoms with Gasteiger partial charge in [0.2, 0.25) is 5.91 Å². The first-order valence-corrected chi connectivity index (χ1v) is 8.17. The smallest absolute Gasteiger partial charge is 0.244 e. The van der Waals surface area contributed by atoms with Crippen LogP contribution in [0.4, 0.5) is 5.69 Å². The molecule has 1 heterocycles. The molecule has 0 bridgehead atoms. The van der Waals surface area contributed by atoms with E-state index < -0.39 is 0 Å². The predicted octanol–water partition coefficient (Wildman–Crippen LogP) is 4.06. The van der Waals surface area contributed by atoms with Crippen LogP contribution in [0.15, 0.2) is 53.1 Å². The van der Waals surface area contributed by atoms with Crippen molar-refractivity contribution in [3.8, 4) is 11.5 Å². The Balaban J connectivity index is 1.77. The second kappa shape index (κ2) is 6.97. The van der Waals surface area contributed by atoms with Gasteiger partial charge in [0.25, 0.3) is 0 Å². The number of methoxy groups -OCH3 is 2. The number of halogens is 1. The van der Waals surface area contributed by atoms with Gasteiger partial charge in [0, 0.05) is 33.3 Å². The molecule has 0 spiro atoms. The summed E-state index contributed by atoms with van der Waals surface area (Å²) in [5, 5.41) is 3.96. The Kier molecular flexibility index (Phi) is 4.76. The van der Waals surface area contributed by atoms with Crippen molar-refractivity contribution < 1.29 is 14.3 Å². The van der Waals surface area contributed by atoms with Crippen molar-refractivity contribution in [1.29, 1.82) is 0 Å². The van der Waals surface area contributed by atoms with Crippen LogP contribution in [0.25, 0.3) is 10.9 Å². The van der Waals surface area contributed by atoms with E-state index in [4.69, 9.17) is 9.47 Å². The van der Waals surface area contributed by atoms with Crippen LogP contribution < -0.4 is 14.8 Å². The zero-order valence-electron chi connectivity index (χ0n) is 13.4. The molecule has 3 aromatic rings. The third kappa shape index (κ3) is 3.23. The zero-order valence-corrected chi connectivity index (χ0v) is 15.0. The molecule has 3 rings (SSSR count). The number of hydrogen-bond donors (Lipinski definition) is 1.